The van der Waals surface area contributed by atoms with E-state index in [0.29, 0.717) is 24.6 Å². The van der Waals surface area contributed by atoms with Gasteiger partial charge in [0.2, 0.25) is 5.88 Å². The minimum absolute atomic E-state index is 0.363. The number of rotatable bonds is 5. The summed E-state index contributed by atoms with van der Waals surface area (Å²) in [6.45, 7) is 0.996. The first-order valence-electron chi connectivity index (χ1n) is 6.71. The van der Waals surface area contributed by atoms with Crippen molar-refractivity contribution in [2.45, 2.75) is 6.54 Å². The van der Waals surface area contributed by atoms with Crippen LogP contribution < -0.4 is 10.2 Å². The van der Waals surface area contributed by atoms with E-state index < -0.39 is 5.91 Å². The molecule has 7 nitrogen and oxygen atoms in total. The van der Waals surface area contributed by atoms with Gasteiger partial charge in [0, 0.05) is 17.8 Å². The van der Waals surface area contributed by atoms with Crippen LogP contribution in [0.4, 0.5) is 0 Å². The van der Waals surface area contributed by atoms with Crippen molar-refractivity contribution in [1.82, 2.24) is 20.0 Å². The molecule has 22 heavy (non-hydrogen) atoms. The second-order valence-corrected chi connectivity index (χ2v) is 4.60. The van der Waals surface area contributed by atoms with Crippen molar-refractivity contribution in [3.63, 3.8) is 0 Å². The second-order valence-electron chi connectivity index (χ2n) is 4.60. The third kappa shape index (κ3) is 2.89. The lowest BCUT2D eigenvalue weighted by Gasteiger charge is -2.07. The first-order valence-corrected chi connectivity index (χ1v) is 6.71. The van der Waals surface area contributed by atoms with Crippen molar-refractivity contribution in [3.8, 4) is 5.88 Å². The highest BCUT2D eigenvalue weighted by Gasteiger charge is 2.08. The lowest BCUT2D eigenvalue weighted by molar-refractivity contribution is 0.0706. The van der Waals surface area contributed by atoms with Gasteiger partial charge in [-0.2, -0.15) is 0 Å². The zero-order chi connectivity index (χ0) is 15.4. The fourth-order valence-electron chi connectivity index (χ4n) is 2.12. The lowest BCUT2D eigenvalue weighted by Crippen LogP contribution is -2.18. The van der Waals surface area contributed by atoms with Gasteiger partial charge in [0.25, 0.3) is 5.91 Å². The Labute approximate surface area is 126 Å². The summed E-state index contributed by atoms with van der Waals surface area (Å²) in [5.41, 5.74) is 3.55. The van der Waals surface area contributed by atoms with Gasteiger partial charge in [-0.25, -0.2) is 15.4 Å². The highest BCUT2D eigenvalue weighted by atomic mass is 16.5. The van der Waals surface area contributed by atoms with Gasteiger partial charge in [0.05, 0.1) is 23.9 Å². The first kappa shape index (κ1) is 14.0. The summed E-state index contributed by atoms with van der Waals surface area (Å²) in [5, 5.41) is 8.70. The highest BCUT2D eigenvalue weighted by Crippen LogP contribution is 2.15. The molecule has 1 amide bonds. The van der Waals surface area contributed by atoms with Crippen molar-refractivity contribution >= 4 is 16.9 Å². The topological polar surface area (TPSA) is 89.3 Å². The quantitative estimate of drug-likeness (QED) is 0.552. The molecule has 0 aliphatic carbocycles. The Morgan fingerprint density at radius 3 is 2.95 bits per heavy atom. The Morgan fingerprint density at radius 1 is 1.27 bits per heavy atom. The van der Waals surface area contributed by atoms with E-state index >= 15 is 0 Å². The summed E-state index contributed by atoms with van der Waals surface area (Å²) >= 11 is 0. The third-order valence-corrected chi connectivity index (χ3v) is 3.20. The van der Waals surface area contributed by atoms with Gasteiger partial charge in [-0.1, -0.05) is 6.07 Å². The fourth-order valence-corrected chi connectivity index (χ4v) is 2.12. The zero-order valence-electron chi connectivity index (χ0n) is 11.6. The molecule has 7 heteroatoms. The van der Waals surface area contributed by atoms with Crippen LogP contribution in [0.25, 0.3) is 11.0 Å². The number of hydrogen-bond acceptors (Lipinski definition) is 5. The van der Waals surface area contributed by atoms with Gasteiger partial charge in [0.1, 0.15) is 6.61 Å². The van der Waals surface area contributed by atoms with Crippen molar-refractivity contribution in [2.24, 2.45) is 0 Å². The average molecular weight is 298 g/mol. The van der Waals surface area contributed by atoms with Crippen LogP contribution in [0.2, 0.25) is 0 Å². The number of ether oxygens (including phenoxy) is 1. The van der Waals surface area contributed by atoms with Crippen LogP contribution in [-0.4, -0.2) is 32.3 Å². The van der Waals surface area contributed by atoms with Gasteiger partial charge in [-0.3, -0.25) is 10.0 Å². The maximum Gasteiger partial charge on any atom is 0.274 e. The van der Waals surface area contributed by atoms with Gasteiger partial charge in [-0.05, 0) is 24.3 Å². The molecular weight excluding hydrogens is 284 g/mol. The molecule has 0 fully saturated rings. The Hall–Kier alpha value is -2.93. The summed E-state index contributed by atoms with van der Waals surface area (Å²) in [6.07, 6.45) is 3.36. The summed E-state index contributed by atoms with van der Waals surface area (Å²) < 4.78 is 7.43. The fraction of sp³-hybridized carbons (Fsp3) is 0.133. The van der Waals surface area contributed by atoms with Crippen LogP contribution in [0.3, 0.4) is 0 Å². The summed E-state index contributed by atoms with van der Waals surface area (Å²) in [5.74, 6) is 0.00616. The van der Waals surface area contributed by atoms with Crippen LogP contribution in [0.5, 0.6) is 5.88 Å². The smallest absolute Gasteiger partial charge is 0.274 e. The predicted molar refractivity (Wildman–Crippen MR) is 78.7 cm³/mol. The SMILES string of the molecule is O=C(NO)c1ccc2ncn(CCOc3ccccn3)c2c1. The minimum Gasteiger partial charge on any atom is -0.476 e. The van der Waals surface area contributed by atoms with Crippen LogP contribution in [-0.2, 0) is 6.54 Å². The molecule has 1 aromatic carbocycles. The summed E-state index contributed by atoms with van der Waals surface area (Å²) in [7, 11) is 0. The van der Waals surface area contributed by atoms with Crippen LogP contribution >= 0.6 is 0 Å². The van der Waals surface area contributed by atoms with E-state index in [1.807, 2.05) is 16.7 Å². The second kappa shape index (κ2) is 6.23. The molecule has 112 valence electrons. The number of benzene rings is 1. The van der Waals surface area contributed by atoms with E-state index in [2.05, 4.69) is 9.97 Å². The maximum atomic E-state index is 11.5. The van der Waals surface area contributed by atoms with E-state index in [9.17, 15) is 4.79 Å². The van der Waals surface area contributed by atoms with Crippen molar-refractivity contribution in [1.29, 1.82) is 0 Å². The largest absolute Gasteiger partial charge is 0.476 e. The Kier molecular flexibility index (Phi) is 3.97. The van der Waals surface area contributed by atoms with Gasteiger partial charge >= 0.3 is 0 Å². The number of pyridine rings is 1. The number of hydroxylamine groups is 1. The van der Waals surface area contributed by atoms with Crippen LogP contribution in [0, 0.1) is 0 Å². The summed E-state index contributed by atoms with van der Waals surface area (Å²) in [4.78, 5) is 19.8. The van der Waals surface area contributed by atoms with E-state index in [1.165, 1.54) is 0 Å². The Balaban J connectivity index is 1.74. The molecule has 3 aromatic rings. The summed E-state index contributed by atoms with van der Waals surface area (Å²) in [6, 6.07) is 10.5. The van der Waals surface area contributed by atoms with Crippen molar-refractivity contribution < 1.29 is 14.7 Å². The first-order chi connectivity index (χ1) is 10.8. The molecule has 0 aliphatic rings. The number of carbonyl (C=O) groups is 1. The molecule has 0 radical (unpaired) electrons. The Bertz CT molecular complexity index is 786. The third-order valence-electron chi connectivity index (χ3n) is 3.20. The molecular formula is C15H14N4O3. The zero-order valence-corrected chi connectivity index (χ0v) is 11.6. The molecule has 0 saturated heterocycles. The Morgan fingerprint density at radius 2 is 2.18 bits per heavy atom. The molecule has 0 atom stereocenters. The molecule has 0 aliphatic heterocycles. The van der Waals surface area contributed by atoms with Gasteiger partial charge < -0.3 is 9.30 Å². The predicted octanol–water partition coefficient (Wildman–Crippen LogP) is 1.63. The van der Waals surface area contributed by atoms with Gasteiger partial charge in [-0.15, -0.1) is 0 Å². The average Bonchev–Trinajstić information content (AvgIpc) is 2.97. The molecule has 2 N–H and O–H groups in total. The monoisotopic (exact) mass is 298 g/mol. The molecule has 0 spiro atoms. The number of nitrogens with one attached hydrogen (secondary N) is 1. The molecule has 0 saturated carbocycles. The standard InChI is InChI=1S/C15H14N4O3/c20-15(18-21)11-4-5-12-13(9-11)19(10-17-12)7-8-22-14-3-1-2-6-16-14/h1-6,9-10,21H,7-8H2,(H,18,20). The molecule has 0 bridgehead atoms. The van der Waals surface area contributed by atoms with E-state index in [-0.39, 0.29) is 0 Å². The number of aromatic nitrogens is 3. The lowest BCUT2D eigenvalue weighted by atomic mass is 10.2. The van der Waals surface area contributed by atoms with Crippen LogP contribution in [0.1, 0.15) is 10.4 Å². The molecule has 2 heterocycles. The number of hydrogen-bond donors (Lipinski definition) is 2. The number of nitrogens with zero attached hydrogens (tertiary/aromatic N) is 3. The maximum absolute atomic E-state index is 11.5. The molecule has 2 aromatic heterocycles. The van der Waals surface area contributed by atoms with Crippen molar-refractivity contribution in [2.75, 3.05) is 6.61 Å². The van der Waals surface area contributed by atoms with E-state index in [4.69, 9.17) is 9.94 Å². The number of imidazole rings is 1. The minimum atomic E-state index is -0.556. The van der Waals surface area contributed by atoms with Crippen LogP contribution in [0.15, 0.2) is 48.9 Å². The number of amides is 1. The van der Waals surface area contributed by atoms with E-state index in [0.717, 1.165) is 11.0 Å². The highest BCUT2D eigenvalue weighted by molar-refractivity contribution is 5.96. The number of carbonyl (C=O) groups excluding carboxylic acids is 1. The molecule has 0 unspecified atom stereocenters. The normalized spacial score (nSPS) is 10.6. The number of fused-ring (bicyclic) bond motifs is 1. The molecule has 3 rings (SSSR count). The van der Waals surface area contributed by atoms with E-state index in [1.54, 1.807) is 42.3 Å². The van der Waals surface area contributed by atoms with Gasteiger partial charge in [0.15, 0.2) is 0 Å². The van der Waals surface area contributed by atoms with Crippen molar-refractivity contribution in [3.05, 3.63) is 54.5 Å².